The molecule has 4 nitrogen and oxygen atoms in total. The zero-order chi connectivity index (χ0) is 14.2. The molecular weight excluding hydrogens is 230 g/mol. The summed E-state index contributed by atoms with van der Waals surface area (Å²) in [6.45, 7) is 14.6. The van der Waals surface area contributed by atoms with E-state index in [1.165, 1.54) is 0 Å². The van der Waals surface area contributed by atoms with Gasteiger partial charge in [0, 0.05) is 5.41 Å². The number of nitrogens with one attached hydrogen (secondary N) is 1. The Hall–Kier alpha value is -0.610. The van der Waals surface area contributed by atoms with Gasteiger partial charge in [0.1, 0.15) is 5.60 Å². The van der Waals surface area contributed by atoms with Crippen LogP contribution in [0.5, 0.6) is 0 Å². The van der Waals surface area contributed by atoms with Crippen molar-refractivity contribution in [2.45, 2.75) is 53.6 Å². The van der Waals surface area contributed by atoms with Crippen LogP contribution in [0.3, 0.4) is 0 Å². The number of rotatable bonds is 5. The van der Waals surface area contributed by atoms with Gasteiger partial charge in [-0.15, -0.1) is 0 Å². The van der Waals surface area contributed by atoms with E-state index in [1.54, 1.807) is 0 Å². The van der Waals surface area contributed by atoms with Gasteiger partial charge in [0.25, 0.3) is 0 Å². The predicted molar refractivity (Wildman–Crippen MR) is 73.6 cm³/mol. The molecule has 0 atom stereocenters. The van der Waals surface area contributed by atoms with Crippen molar-refractivity contribution in [3.05, 3.63) is 0 Å². The molecule has 1 aliphatic rings. The summed E-state index contributed by atoms with van der Waals surface area (Å²) < 4.78 is 10.3. The van der Waals surface area contributed by atoms with Crippen LogP contribution in [0.2, 0.25) is 0 Å². The lowest BCUT2D eigenvalue weighted by atomic mass is 9.85. The molecule has 0 radical (unpaired) electrons. The van der Waals surface area contributed by atoms with Gasteiger partial charge in [-0.05, 0) is 33.7 Å². The van der Waals surface area contributed by atoms with Gasteiger partial charge in [0.05, 0.1) is 19.8 Å². The maximum Gasteiger partial charge on any atom is 0.320 e. The first-order valence-electron chi connectivity index (χ1n) is 6.81. The topological polar surface area (TPSA) is 47.6 Å². The third-order valence-electron chi connectivity index (χ3n) is 2.50. The lowest BCUT2D eigenvalue weighted by Gasteiger charge is -2.38. The van der Waals surface area contributed by atoms with Crippen LogP contribution < -0.4 is 5.32 Å². The van der Waals surface area contributed by atoms with E-state index in [9.17, 15) is 4.79 Å². The molecule has 1 N–H and O–H groups in total. The standard InChI is InChI=1S/C12H23NO3.C2H6/c1-11(2,3)16-10(14)7-13-6-5-12(4)8-15-9-12;1-2/h13H,5-9H2,1-4H3;1-2H3. The smallest absolute Gasteiger partial charge is 0.320 e. The fourth-order valence-corrected chi connectivity index (χ4v) is 1.55. The summed E-state index contributed by atoms with van der Waals surface area (Å²) in [5, 5.41) is 3.10. The van der Waals surface area contributed by atoms with E-state index in [0.717, 1.165) is 26.2 Å². The third kappa shape index (κ3) is 7.67. The second-order valence-corrected chi connectivity index (χ2v) is 5.82. The molecular formula is C14H29NO3. The van der Waals surface area contributed by atoms with Crippen molar-refractivity contribution in [3.8, 4) is 0 Å². The molecule has 18 heavy (non-hydrogen) atoms. The second-order valence-electron chi connectivity index (χ2n) is 5.82. The highest BCUT2D eigenvalue weighted by atomic mass is 16.6. The molecule has 1 fully saturated rings. The minimum absolute atomic E-state index is 0.192. The van der Waals surface area contributed by atoms with Gasteiger partial charge in [0.15, 0.2) is 0 Å². The first kappa shape index (κ1) is 17.4. The van der Waals surface area contributed by atoms with Gasteiger partial charge in [0.2, 0.25) is 0 Å². The largest absolute Gasteiger partial charge is 0.459 e. The zero-order valence-corrected chi connectivity index (χ0v) is 12.8. The van der Waals surface area contributed by atoms with Crippen LogP contribution in [0.25, 0.3) is 0 Å². The van der Waals surface area contributed by atoms with E-state index in [2.05, 4.69) is 12.2 Å². The molecule has 0 saturated carbocycles. The Labute approximate surface area is 111 Å². The van der Waals surface area contributed by atoms with Crippen molar-refractivity contribution in [3.63, 3.8) is 0 Å². The summed E-state index contributed by atoms with van der Waals surface area (Å²) in [4.78, 5) is 11.4. The molecule has 0 bridgehead atoms. The van der Waals surface area contributed by atoms with Crippen LogP contribution in [0.15, 0.2) is 0 Å². The van der Waals surface area contributed by atoms with Gasteiger partial charge < -0.3 is 14.8 Å². The van der Waals surface area contributed by atoms with Gasteiger partial charge in [-0.2, -0.15) is 0 Å². The Bertz CT molecular complexity index is 242. The Morgan fingerprint density at radius 3 is 2.28 bits per heavy atom. The molecule has 0 spiro atoms. The van der Waals surface area contributed by atoms with Gasteiger partial charge in [-0.1, -0.05) is 20.8 Å². The molecule has 108 valence electrons. The highest BCUT2D eigenvalue weighted by Gasteiger charge is 2.32. The second kappa shape index (κ2) is 7.74. The van der Waals surface area contributed by atoms with Crippen LogP contribution in [-0.2, 0) is 14.3 Å². The van der Waals surface area contributed by atoms with Gasteiger partial charge in [-0.3, -0.25) is 4.79 Å². The van der Waals surface area contributed by atoms with Crippen LogP contribution in [0, 0.1) is 5.41 Å². The monoisotopic (exact) mass is 259 g/mol. The van der Waals surface area contributed by atoms with E-state index < -0.39 is 5.60 Å². The van der Waals surface area contributed by atoms with Crippen LogP contribution in [0.1, 0.15) is 48.0 Å². The molecule has 0 amide bonds. The zero-order valence-electron chi connectivity index (χ0n) is 12.8. The van der Waals surface area contributed by atoms with Crippen molar-refractivity contribution >= 4 is 5.97 Å². The average molecular weight is 259 g/mol. The highest BCUT2D eigenvalue weighted by Crippen LogP contribution is 2.29. The van der Waals surface area contributed by atoms with Gasteiger partial charge in [-0.25, -0.2) is 0 Å². The van der Waals surface area contributed by atoms with Crippen LogP contribution in [0.4, 0.5) is 0 Å². The molecule has 1 heterocycles. The van der Waals surface area contributed by atoms with E-state index >= 15 is 0 Å². The number of hydrogen-bond donors (Lipinski definition) is 1. The number of carbonyl (C=O) groups is 1. The highest BCUT2D eigenvalue weighted by molar-refractivity contribution is 5.72. The van der Waals surface area contributed by atoms with Crippen molar-refractivity contribution in [1.29, 1.82) is 0 Å². The molecule has 4 heteroatoms. The first-order valence-corrected chi connectivity index (χ1v) is 6.81. The Kier molecular flexibility index (Phi) is 7.48. The van der Waals surface area contributed by atoms with Crippen LogP contribution >= 0.6 is 0 Å². The fraction of sp³-hybridized carbons (Fsp3) is 0.929. The lowest BCUT2D eigenvalue weighted by molar-refractivity contribution is -0.153. The van der Waals surface area contributed by atoms with E-state index in [1.807, 2.05) is 34.6 Å². The van der Waals surface area contributed by atoms with Crippen molar-refractivity contribution < 1.29 is 14.3 Å². The molecule has 1 aliphatic heterocycles. The normalized spacial score (nSPS) is 17.2. The number of carbonyl (C=O) groups excluding carboxylic acids is 1. The molecule has 0 aromatic carbocycles. The van der Waals surface area contributed by atoms with Crippen molar-refractivity contribution in [2.24, 2.45) is 5.41 Å². The fourth-order valence-electron chi connectivity index (χ4n) is 1.55. The summed E-state index contributed by atoms with van der Waals surface area (Å²) in [7, 11) is 0. The summed E-state index contributed by atoms with van der Waals surface area (Å²) in [5.74, 6) is -0.192. The van der Waals surface area contributed by atoms with E-state index in [4.69, 9.17) is 9.47 Å². The van der Waals surface area contributed by atoms with E-state index in [-0.39, 0.29) is 12.5 Å². The minimum atomic E-state index is -0.396. The summed E-state index contributed by atoms with van der Waals surface area (Å²) in [6.07, 6.45) is 1.04. The molecule has 1 rings (SSSR count). The minimum Gasteiger partial charge on any atom is -0.459 e. The quantitative estimate of drug-likeness (QED) is 0.608. The van der Waals surface area contributed by atoms with Crippen LogP contribution in [-0.4, -0.2) is 37.9 Å². The lowest BCUT2D eigenvalue weighted by Crippen LogP contribution is -2.42. The SMILES string of the molecule is CC.CC1(CCNCC(=O)OC(C)(C)C)COC1. The van der Waals surface area contributed by atoms with Crippen molar-refractivity contribution in [2.75, 3.05) is 26.3 Å². The molecule has 0 aromatic rings. The summed E-state index contributed by atoms with van der Waals surface area (Å²) >= 11 is 0. The number of esters is 1. The molecule has 0 unspecified atom stereocenters. The third-order valence-corrected chi connectivity index (χ3v) is 2.50. The Morgan fingerprint density at radius 1 is 1.33 bits per heavy atom. The average Bonchev–Trinajstić information content (AvgIpc) is 2.22. The van der Waals surface area contributed by atoms with E-state index in [0.29, 0.717) is 5.41 Å². The van der Waals surface area contributed by atoms with Gasteiger partial charge >= 0.3 is 5.97 Å². The summed E-state index contributed by atoms with van der Waals surface area (Å²) in [5.41, 5.74) is -0.0898. The molecule has 1 saturated heterocycles. The maximum absolute atomic E-state index is 11.4. The Balaban J connectivity index is 0.00000137. The maximum atomic E-state index is 11.4. The predicted octanol–water partition coefficient (Wildman–Crippen LogP) is 2.37. The summed E-state index contributed by atoms with van der Waals surface area (Å²) in [6, 6.07) is 0. The van der Waals surface area contributed by atoms with Crippen molar-refractivity contribution in [1.82, 2.24) is 5.32 Å². The molecule has 0 aromatic heterocycles. The first-order chi connectivity index (χ1) is 8.31. The number of ether oxygens (including phenoxy) is 2. The molecule has 0 aliphatic carbocycles. The number of hydrogen-bond acceptors (Lipinski definition) is 4. The Morgan fingerprint density at radius 2 is 1.89 bits per heavy atom.